The highest BCUT2D eigenvalue weighted by Crippen LogP contribution is 2.48. The second kappa shape index (κ2) is 4.78. The normalized spacial score (nSPS) is 28.4. The molecule has 0 aromatic heterocycles. The third kappa shape index (κ3) is 2.01. The summed E-state index contributed by atoms with van der Waals surface area (Å²) in [5.74, 6) is -0.398. The molecule has 2 atom stereocenters. The summed E-state index contributed by atoms with van der Waals surface area (Å²) in [6.45, 7) is 11.3. The van der Waals surface area contributed by atoms with Crippen LogP contribution in [0.5, 0.6) is 0 Å². The average Bonchev–Trinajstić information content (AvgIpc) is 2.70. The van der Waals surface area contributed by atoms with E-state index in [0.717, 1.165) is 5.57 Å². The van der Waals surface area contributed by atoms with Gasteiger partial charge in [-0.2, -0.15) is 0 Å². The molecule has 0 amide bonds. The Balaban J connectivity index is 2.49. The largest absolute Gasteiger partial charge is 0.466 e. The smallest absolute Gasteiger partial charge is 0.339 e. The van der Waals surface area contributed by atoms with Crippen molar-refractivity contribution < 1.29 is 19.1 Å². The van der Waals surface area contributed by atoms with Crippen LogP contribution in [0.25, 0.3) is 0 Å². The molecule has 0 radical (unpaired) electrons. The molecule has 2 rings (SSSR count). The Bertz CT molecular complexity index is 579. The van der Waals surface area contributed by atoms with Gasteiger partial charge in [-0.25, -0.2) is 9.59 Å². The van der Waals surface area contributed by atoms with Gasteiger partial charge < -0.3 is 9.47 Å². The van der Waals surface area contributed by atoms with Crippen LogP contribution in [0.1, 0.15) is 20.3 Å². The molecular formula is C16H18O4. The minimum absolute atomic E-state index is 0.198. The van der Waals surface area contributed by atoms with Crippen molar-refractivity contribution in [2.75, 3.05) is 7.11 Å². The lowest BCUT2D eigenvalue weighted by Crippen LogP contribution is -2.32. The van der Waals surface area contributed by atoms with Crippen molar-refractivity contribution in [1.82, 2.24) is 0 Å². The second-order valence-corrected chi connectivity index (χ2v) is 5.35. The molecule has 4 heteroatoms. The minimum atomic E-state index is -0.505. The monoisotopic (exact) mass is 274 g/mol. The van der Waals surface area contributed by atoms with Crippen LogP contribution in [0, 0.1) is 11.3 Å². The van der Waals surface area contributed by atoms with Gasteiger partial charge in [0.2, 0.25) is 0 Å². The number of rotatable bonds is 3. The number of allylic oxidation sites excluding steroid dienone is 3. The molecule has 0 saturated carbocycles. The first kappa shape index (κ1) is 14.3. The highest BCUT2D eigenvalue weighted by Gasteiger charge is 2.43. The summed E-state index contributed by atoms with van der Waals surface area (Å²) in [5.41, 5.74) is 1.30. The van der Waals surface area contributed by atoms with Crippen molar-refractivity contribution in [1.29, 1.82) is 0 Å². The molecule has 0 aromatic rings. The molecule has 0 bridgehead atoms. The van der Waals surface area contributed by atoms with Gasteiger partial charge in [0.05, 0.1) is 7.11 Å². The zero-order chi connectivity index (χ0) is 15.1. The van der Waals surface area contributed by atoms with Gasteiger partial charge in [-0.15, -0.1) is 6.58 Å². The predicted molar refractivity (Wildman–Crippen MR) is 74.4 cm³/mol. The summed E-state index contributed by atoms with van der Waals surface area (Å²) in [4.78, 5) is 23.4. The summed E-state index contributed by atoms with van der Waals surface area (Å²) in [6, 6.07) is 0. The third-order valence-corrected chi connectivity index (χ3v) is 4.17. The fourth-order valence-electron chi connectivity index (χ4n) is 2.70. The van der Waals surface area contributed by atoms with Gasteiger partial charge in [-0.05, 0) is 19.4 Å². The molecule has 20 heavy (non-hydrogen) atoms. The quantitative estimate of drug-likeness (QED) is 0.451. The Kier molecular flexibility index (Phi) is 3.42. The lowest BCUT2D eigenvalue weighted by Gasteiger charge is -2.37. The summed E-state index contributed by atoms with van der Waals surface area (Å²) < 4.78 is 10.00. The summed E-state index contributed by atoms with van der Waals surface area (Å²) in [7, 11) is 1.33. The number of esters is 2. The third-order valence-electron chi connectivity index (χ3n) is 4.17. The van der Waals surface area contributed by atoms with Crippen molar-refractivity contribution in [3.8, 4) is 0 Å². The van der Waals surface area contributed by atoms with E-state index >= 15 is 0 Å². The second-order valence-electron chi connectivity index (χ2n) is 5.35. The Morgan fingerprint density at radius 3 is 2.80 bits per heavy atom. The van der Waals surface area contributed by atoms with E-state index in [-0.39, 0.29) is 11.9 Å². The highest BCUT2D eigenvalue weighted by atomic mass is 16.5. The first-order chi connectivity index (χ1) is 9.34. The number of methoxy groups -OCH3 is 1. The Hall–Kier alpha value is -2.10. The number of hydrogen-bond acceptors (Lipinski definition) is 4. The number of ether oxygens (including phenoxy) is 2. The van der Waals surface area contributed by atoms with Gasteiger partial charge in [-0.3, -0.25) is 0 Å². The van der Waals surface area contributed by atoms with E-state index in [1.54, 1.807) is 13.0 Å². The Morgan fingerprint density at radius 2 is 2.25 bits per heavy atom. The SMILES string of the molecule is C=CC1(C)C=C2OC(=O)C(C)=C2CC1C(=C)C(=O)OC. The maximum Gasteiger partial charge on any atom is 0.339 e. The van der Waals surface area contributed by atoms with Crippen LogP contribution >= 0.6 is 0 Å². The van der Waals surface area contributed by atoms with Crippen LogP contribution in [-0.4, -0.2) is 19.0 Å². The zero-order valence-corrected chi connectivity index (χ0v) is 12.0. The van der Waals surface area contributed by atoms with Gasteiger partial charge in [0, 0.05) is 28.1 Å². The maximum atomic E-state index is 11.8. The molecule has 4 nitrogen and oxygen atoms in total. The molecule has 0 saturated heterocycles. The molecule has 0 N–H and O–H groups in total. The van der Waals surface area contributed by atoms with Crippen LogP contribution in [-0.2, 0) is 19.1 Å². The molecule has 2 aliphatic rings. The predicted octanol–water partition coefficient (Wildman–Crippen LogP) is 2.69. The molecule has 1 aliphatic heterocycles. The molecule has 2 unspecified atom stereocenters. The fraction of sp³-hybridized carbons (Fsp3) is 0.375. The zero-order valence-electron chi connectivity index (χ0n) is 12.0. The fourth-order valence-corrected chi connectivity index (χ4v) is 2.70. The van der Waals surface area contributed by atoms with Crippen molar-refractivity contribution in [3.05, 3.63) is 47.8 Å². The first-order valence-corrected chi connectivity index (χ1v) is 6.40. The van der Waals surface area contributed by atoms with E-state index in [1.165, 1.54) is 7.11 Å². The van der Waals surface area contributed by atoms with E-state index in [1.807, 2.05) is 13.0 Å². The molecular weight excluding hydrogens is 256 g/mol. The van der Waals surface area contributed by atoms with Crippen LogP contribution in [0.4, 0.5) is 0 Å². The van der Waals surface area contributed by atoms with Gasteiger partial charge in [-0.1, -0.05) is 19.6 Å². The number of carbonyl (C=O) groups excluding carboxylic acids is 2. The molecule has 1 heterocycles. The summed E-state index contributed by atoms with van der Waals surface area (Å²) >= 11 is 0. The molecule has 106 valence electrons. The van der Waals surface area contributed by atoms with E-state index < -0.39 is 11.4 Å². The lowest BCUT2D eigenvalue weighted by atomic mass is 9.66. The summed E-state index contributed by atoms with van der Waals surface area (Å²) in [6.07, 6.45) is 4.10. The maximum absolute atomic E-state index is 11.8. The van der Waals surface area contributed by atoms with E-state index in [2.05, 4.69) is 13.2 Å². The van der Waals surface area contributed by atoms with Crippen LogP contribution < -0.4 is 0 Å². The number of carbonyl (C=O) groups is 2. The van der Waals surface area contributed by atoms with Crippen LogP contribution in [0.3, 0.4) is 0 Å². The highest BCUT2D eigenvalue weighted by molar-refractivity contribution is 5.94. The van der Waals surface area contributed by atoms with Crippen molar-refractivity contribution in [2.45, 2.75) is 20.3 Å². The van der Waals surface area contributed by atoms with Crippen molar-refractivity contribution >= 4 is 11.9 Å². The average molecular weight is 274 g/mol. The van der Waals surface area contributed by atoms with Crippen molar-refractivity contribution in [3.63, 3.8) is 0 Å². The lowest BCUT2D eigenvalue weighted by molar-refractivity contribution is -0.137. The van der Waals surface area contributed by atoms with Gasteiger partial charge in [0.1, 0.15) is 5.76 Å². The molecule has 1 aliphatic carbocycles. The van der Waals surface area contributed by atoms with Gasteiger partial charge in [0.25, 0.3) is 0 Å². The Labute approximate surface area is 118 Å². The number of fused-ring (bicyclic) bond motifs is 1. The number of hydrogen-bond donors (Lipinski definition) is 0. The summed E-state index contributed by atoms with van der Waals surface area (Å²) in [5, 5.41) is 0. The van der Waals surface area contributed by atoms with E-state index in [9.17, 15) is 9.59 Å². The van der Waals surface area contributed by atoms with E-state index in [0.29, 0.717) is 23.3 Å². The molecule has 0 spiro atoms. The van der Waals surface area contributed by atoms with Crippen LogP contribution in [0.2, 0.25) is 0 Å². The molecule has 0 fully saturated rings. The topological polar surface area (TPSA) is 52.6 Å². The van der Waals surface area contributed by atoms with Crippen LogP contribution in [0.15, 0.2) is 47.8 Å². The Morgan fingerprint density at radius 1 is 1.60 bits per heavy atom. The standard InChI is InChI=1S/C16H18O4/c1-6-16(4)8-13-11(9(2)15(18)20-13)7-12(16)10(3)14(17)19-5/h6,8,12H,1,3,7H2,2,4-5H3. The molecule has 0 aromatic carbocycles. The van der Waals surface area contributed by atoms with E-state index in [4.69, 9.17) is 9.47 Å². The first-order valence-electron chi connectivity index (χ1n) is 6.40. The van der Waals surface area contributed by atoms with Gasteiger partial charge in [0.15, 0.2) is 0 Å². The van der Waals surface area contributed by atoms with Gasteiger partial charge >= 0.3 is 11.9 Å². The van der Waals surface area contributed by atoms with Crippen molar-refractivity contribution in [2.24, 2.45) is 11.3 Å². The minimum Gasteiger partial charge on any atom is -0.466 e.